The van der Waals surface area contributed by atoms with Gasteiger partial charge in [-0.05, 0) is 37.0 Å². The van der Waals surface area contributed by atoms with E-state index in [1.807, 2.05) is 30.3 Å². The molecule has 0 bridgehead atoms. The summed E-state index contributed by atoms with van der Waals surface area (Å²) in [5, 5.41) is 12.2. The number of carbonyl (C=O) groups is 4. The average molecular weight is 437 g/mol. The number of likely N-dealkylation sites (tertiary alicyclic amines) is 1. The third-order valence-corrected chi connectivity index (χ3v) is 5.76. The van der Waals surface area contributed by atoms with Crippen LogP contribution in [0.4, 0.5) is 0 Å². The molecule has 2 N–H and O–H groups in total. The molecule has 2 aromatic rings. The molecule has 0 aliphatic carbocycles. The molecule has 0 saturated carbocycles. The van der Waals surface area contributed by atoms with Crippen LogP contribution in [0.5, 0.6) is 0 Å². The Kier molecular flexibility index (Phi) is 7.76. The summed E-state index contributed by atoms with van der Waals surface area (Å²) in [5.41, 5.74) is 1.34. The van der Waals surface area contributed by atoms with Gasteiger partial charge in [0.1, 0.15) is 6.04 Å². The highest BCUT2D eigenvalue weighted by molar-refractivity contribution is 5.99. The average Bonchev–Trinajstić information content (AvgIpc) is 3.29. The minimum atomic E-state index is -1.02. The van der Waals surface area contributed by atoms with Crippen molar-refractivity contribution in [3.8, 4) is 0 Å². The highest BCUT2D eigenvalue weighted by Gasteiger charge is 2.37. The van der Waals surface area contributed by atoms with Gasteiger partial charge in [-0.1, -0.05) is 55.5 Å². The van der Waals surface area contributed by atoms with E-state index < -0.39 is 24.0 Å². The van der Waals surface area contributed by atoms with E-state index in [9.17, 15) is 24.3 Å². The molecular weight excluding hydrogens is 408 g/mol. The first-order valence-corrected chi connectivity index (χ1v) is 10.8. The van der Waals surface area contributed by atoms with Gasteiger partial charge in [-0.25, -0.2) is 4.79 Å². The summed E-state index contributed by atoms with van der Waals surface area (Å²) in [6.07, 6.45) is 1.29. The van der Waals surface area contributed by atoms with E-state index in [0.717, 1.165) is 5.56 Å². The Morgan fingerprint density at radius 1 is 1.03 bits per heavy atom. The first-order chi connectivity index (χ1) is 15.4. The van der Waals surface area contributed by atoms with Gasteiger partial charge in [0, 0.05) is 24.4 Å². The molecule has 0 unspecified atom stereocenters. The van der Waals surface area contributed by atoms with Gasteiger partial charge >= 0.3 is 5.97 Å². The lowest BCUT2D eigenvalue weighted by atomic mass is 9.94. The summed E-state index contributed by atoms with van der Waals surface area (Å²) in [7, 11) is 0. The molecule has 2 aromatic carbocycles. The van der Waals surface area contributed by atoms with Crippen LogP contribution >= 0.6 is 0 Å². The van der Waals surface area contributed by atoms with E-state index in [2.05, 4.69) is 5.32 Å². The second-order valence-corrected chi connectivity index (χ2v) is 8.18. The van der Waals surface area contributed by atoms with Crippen LogP contribution in [0.2, 0.25) is 0 Å². The van der Waals surface area contributed by atoms with Crippen LogP contribution in [0.25, 0.3) is 0 Å². The summed E-state index contributed by atoms with van der Waals surface area (Å²) in [6.45, 7) is 2.02. The van der Waals surface area contributed by atoms with Crippen molar-refractivity contribution in [1.82, 2.24) is 10.2 Å². The number of nitrogens with zero attached hydrogens (tertiary/aromatic N) is 1. The molecule has 1 fully saturated rings. The van der Waals surface area contributed by atoms with E-state index in [1.165, 1.54) is 4.90 Å². The molecule has 0 spiro atoms. The molecule has 1 saturated heterocycles. The lowest BCUT2D eigenvalue weighted by molar-refractivity contribution is -0.150. The fourth-order valence-corrected chi connectivity index (χ4v) is 4.03. The number of benzene rings is 2. The molecule has 2 amide bonds. The van der Waals surface area contributed by atoms with Crippen molar-refractivity contribution in [3.05, 3.63) is 71.8 Å². The topological polar surface area (TPSA) is 104 Å². The number of rotatable bonds is 9. The van der Waals surface area contributed by atoms with Crippen molar-refractivity contribution in [2.45, 2.75) is 44.7 Å². The standard InChI is InChI=1S/C25H28N2O5/c1-17(24(30)27-14-8-13-21(27)25(31)32)15-22(28)20(16-18-9-4-2-5-10-18)26-23(29)19-11-6-3-7-12-19/h2-7,9-12,17,20-21H,8,13-16H2,1H3,(H,26,29)(H,31,32)/t17-,20+,21+/m1/s1. The SMILES string of the molecule is C[C@H](CC(=O)[C@H](Cc1ccccc1)NC(=O)c1ccccc1)C(=O)N1CCC[C@H]1C(=O)O. The van der Waals surface area contributed by atoms with Gasteiger partial charge in [0.2, 0.25) is 5.91 Å². The number of amides is 2. The van der Waals surface area contributed by atoms with Gasteiger partial charge in [0.15, 0.2) is 5.78 Å². The number of ketones is 1. The molecule has 0 aromatic heterocycles. The summed E-state index contributed by atoms with van der Waals surface area (Å²) < 4.78 is 0. The van der Waals surface area contributed by atoms with Crippen LogP contribution in [-0.4, -0.2) is 52.2 Å². The van der Waals surface area contributed by atoms with Gasteiger partial charge in [-0.15, -0.1) is 0 Å². The van der Waals surface area contributed by atoms with Crippen molar-refractivity contribution in [2.75, 3.05) is 6.54 Å². The fraction of sp³-hybridized carbons (Fsp3) is 0.360. The number of hydrogen-bond acceptors (Lipinski definition) is 4. The molecule has 168 valence electrons. The van der Waals surface area contributed by atoms with Gasteiger partial charge in [0.25, 0.3) is 5.91 Å². The molecule has 32 heavy (non-hydrogen) atoms. The van der Waals surface area contributed by atoms with Gasteiger partial charge in [-0.2, -0.15) is 0 Å². The molecule has 0 radical (unpaired) electrons. The van der Waals surface area contributed by atoms with E-state index in [1.54, 1.807) is 37.3 Å². The van der Waals surface area contributed by atoms with E-state index in [0.29, 0.717) is 31.4 Å². The Hall–Kier alpha value is -3.48. The second kappa shape index (κ2) is 10.7. The summed E-state index contributed by atoms with van der Waals surface area (Å²) in [4.78, 5) is 51.5. The molecule has 7 heteroatoms. The normalized spacial score (nSPS) is 17.4. The van der Waals surface area contributed by atoms with E-state index in [4.69, 9.17) is 0 Å². The van der Waals surface area contributed by atoms with Crippen molar-refractivity contribution >= 4 is 23.6 Å². The van der Waals surface area contributed by atoms with Crippen LogP contribution < -0.4 is 5.32 Å². The molecule has 1 aliphatic heterocycles. The molecule has 1 aliphatic rings. The Morgan fingerprint density at radius 2 is 1.66 bits per heavy atom. The maximum Gasteiger partial charge on any atom is 0.326 e. The lowest BCUT2D eigenvalue weighted by Gasteiger charge is -2.26. The molecule has 1 heterocycles. The zero-order valence-corrected chi connectivity index (χ0v) is 18.1. The lowest BCUT2D eigenvalue weighted by Crippen LogP contribution is -2.46. The van der Waals surface area contributed by atoms with Crippen molar-refractivity contribution < 1.29 is 24.3 Å². The Bertz CT molecular complexity index is 961. The van der Waals surface area contributed by atoms with Crippen molar-refractivity contribution in [1.29, 1.82) is 0 Å². The minimum Gasteiger partial charge on any atom is -0.480 e. The monoisotopic (exact) mass is 436 g/mol. The number of carbonyl (C=O) groups excluding carboxylic acids is 3. The van der Waals surface area contributed by atoms with Crippen LogP contribution in [0.15, 0.2) is 60.7 Å². The number of hydrogen-bond donors (Lipinski definition) is 2. The fourth-order valence-electron chi connectivity index (χ4n) is 4.03. The maximum atomic E-state index is 13.2. The van der Waals surface area contributed by atoms with Gasteiger partial charge in [0.05, 0.1) is 6.04 Å². The summed E-state index contributed by atoms with van der Waals surface area (Å²) >= 11 is 0. The van der Waals surface area contributed by atoms with Crippen molar-refractivity contribution in [3.63, 3.8) is 0 Å². The number of Topliss-reactive ketones (excluding diaryl/α,β-unsaturated/α-hetero) is 1. The number of aliphatic carboxylic acids is 1. The highest BCUT2D eigenvalue weighted by atomic mass is 16.4. The first kappa shape index (κ1) is 23.2. The predicted octanol–water partition coefficient (Wildman–Crippen LogP) is 2.70. The van der Waals surface area contributed by atoms with Crippen LogP contribution in [-0.2, 0) is 20.8 Å². The zero-order chi connectivity index (χ0) is 23.1. The third kappa shape index (κ3) is 5.81. The molecule has 7 nitrogen and oxygen atoms in total. The van der Waals surface area contributed by atoms with Crippen LogP contribution in [0.1, 0.15) is 42.1 Å². The number of nitrogens with one attached hydrogen (secondary N) is 1. The molecule has 3 rings (SSSR count). The Labute approximate surface area is 187 Å². The summed E-state index contributed by atoms with van der Waals surface area (Å²) in [6, 6.07) is 16.4. The zero-order valence-electron chi connectivity index (χ0n) is 18.1. The van der Waals surface area contributed by atoms with Gasteiger partial charge in [-0.3, -0.25) is 14.4 Å². The predicted molar refractivity (Wildman–Crippen MR) is 119 cm³/mol. The minimum absolute atomic E-state index is 0.0752. The van der Waals surface area contributed by atoms with Gasteiger partial charge < -0.3 is 15.3 Å². The molecular formula is C25H28N2O5. The highest BCUT2D eigenvalue weighted by Crippen LogP contribution is 2.22. The van der Waals surface area contributed by atoms with Crippen molar-refractivity contribution in [2.24, 2.45) is 5.92 Å². The molecule has 3 atom stereocenters. The maximum absolute atomic E-state index is 13.2. The first-order valence-electron chi connectivity index (χ1n) is 10.8. The van der Waals surface area contributed by atoms with E-state index in [-0.39, 0.29) is 24.0 Å². The second-order valence-electron chi connectivity index (χ2n) is 8.18. The van der Waals surface area contributed by atoms with E-state index >= 15 is 0 Å². The third-order valence-electron chi connectivity index (χ3n) is 5.76. The Balaban J connectivity index is 1.71. The largest absolute Gasteiger partial charge is 0.480 e. The number of carboxylic acids is 1. The smallest absolute Gasteiger partial charge is 0.326 e. The quantitative estimate of drug-likeness (QED) is 0.629. The Morgan fingerprint density at radius 3 is 2.28 bits per heavy atom. The number of carboxylic acid groups (broad SMARTS) is 1. The summed E-state index contributed by atoms with van der Waals surface area (Å²) in [5.74, 6) is -2.65. The van der Waals surface area contributed by atoms with Crippen LogP contribution in [0, 0.1) is 5.92 Å². The van der Waals surface area contributed by atoms with Crippen LogP contribution in [0.3, 0.4) is 0 Å².